The van der Waals surface area contributed by atoms with Crippen LogP contribution in [0.25, 0.3) is 0 Å². The van der Waals surface area contributed by atoms with Crippen molar-refractivity contribution in [3.8, 4) is 5.75 Å². The van der Waals surface area contributed by atoms with Crippen molar-refractivity contribution < 1.29 is 4.74 Å². The van der Waals surface area contributed by atoms with Gasteiger partial charge in [0, 0.05) is 17.7 Å². The summed E-state index contributed by atoms with van der Waals surface area (Å²) in [6.45, 7) is 2.17. The van der Waals surface area contributed by atoms with E-state index in [1.54, 1.807) is 19.5 Å². The Kier molecular flexibility index (Phi) is 3.20. The third-order valence-corrected chi connectivity index (χ3v) is 2.80. The first kappa shape index (κ1) is 10.7. The Balaban J connectivity index is 2.37. The number of benzene rings is 1. The van der Waals surface area contributed by atoms with Crippen LogP contribution >= 0.6 is 0 Å². The Morgan fingerprint density at radius 1 is 1.12 bits per heavy atom. The SMILES string of the molecule is COc1cnccc1C(C)c1ccccc1. The maximum absolute atomic E-state index is 5.33. The Morgan fingerprint density at radius 2 is 1.88 bits per heavy atom. The lowest BCUT2D eigenvalue weighted by atomic mass is 9.93. The topological polar surface area (TPSA) is 22.1 Å². The van der Waals surface area contributed by atoms with Gasteiger partial charge in [-0.15, -0.1) is 0 Å². The number of ether oxygens (including phenoxy) is 1. The molecule has 82 valence electrons. The zero-order valence-electron chi connectivity index (χ0n) is 9.55. The highest BCUT2D eigenvalue weighted by molar-refractivity contribution is 5.39. The second-order valence-electron chi connectivity index (χ2n) is 3.75. The number of pyridine rings is 1. The summed E-state index contributed by atoms with van der Waals surface area (Å²) in [5, 5.41) is 0. The Hall–Kier alpha value is -1.83. The highest BCUT2D eigenvalue weighted by Crippen LogP contribution is 2.30. The van der Waals surface area contributed by atoms with Crippen molar-refractivity contribution >= 4 is 0 Å². The number of rotatable bonds is 3. The van der Waals surface area contributed by atoms with E-state index >= 15 is 0 Å². The summed E-state index contributed by atoms with van der Waals surface area (Å²) in [4.78, 5) is 4.07. The van der Waals surface area contributed by atoms with Crippen LogP contribution in [0.3, 0.4) is 0 Å². The fourth-order valence-corrected chi connectivity index (χ4v) is 1.84. The molecule has 0 aliphatic carbocycles. The van der Waals surface area contributed by atoms with Crippen LogP contribution in [0.1, 0.15) is 24.0 Å². The first-order valence-corrected chi connectivity index (χ1v) is 5.35. The predicted octanol–water partition coefficient (Wildman–Crippen LogP) is 3.24. The smallest absolute Gasteiger partial charge is 0.140 e. The Labute approximate surface area is 95.9 Å². The summed E-state index contributed by atoms with van der Waals surface area (Å²) in [6, 6.07) is 12.4. The molecule has 0 aliphatic rings. The van der Waals surface area contributed by atoms with Crippen molar-refractivity contribution in [2.75, 3.05) is 7.11 Å². The molecule has 2 heteroatoms. The highest BCUT2D eigenvalue weighted by Gasteiger charge is 2.12. The number of hydrogen-bond acceptors (Lipinski definition) is 2. The highest BCUT2D eigenvalue weighted by atomic mass is 16.5. The van der Waals surface area contributed by atoms with Crippen LogP contribution in [0.2, 0.25) is 0 Å². The summed E-state index contributed by atoms with van der Waals surface area (Å²) < 4.78 is 5.33. The van der Waals surface area contributed by atoms with Crippen molar-refractivity contribution in [1.82, 2.24) is 4.98 Å². The predicted molar refractivity (Wildman–Crippen MR) is 64.7 cm³/mol. The van der Waals surface area contributed by atoms with Gasteiger partial charge in [-0.3, -0.25) is 4.98 Å². The molecule has 0 radical (unpaired) electrons. The number of hydrogen-bond donors (Lipinski definition) is 0. The molecule has 1 unspecified atom stereocenters. The summed E-state index contributed by atoms with van der Waals surface area (Å²) in [5.41, 5.74) is 2.45. The van der Waals surface area contributed by atoms with Crippen LogP contribution in [0, 0.1) is 0 Å². The van der Waals surface area contributed by atoms with E-state index < -0.39 is 0 Å². The molecule has 1 heterocycles. The minimum absolute atomic E-state index is 0.319. The van der Waals surface area contributed by atoms with Crippen molar-refractivity contribution in [3.05, 3.63) is 59.9 Å². The quantitative estimate of drug-likeness (QED) is 0.780. The van der Waals surface area contributed by atoms with Gasteiger partial charge < -0.3 is 4.74 Å². The minimum atomic E-state index is 0.319. The zero-order valence-corrected chi connectivity index (χ0v) is 9.55. The zero-order chi connectivity index (χ0) is 11.4. The van der Waals surface area contributed by atoms with Crippen LogP contribution in [0.5, 0.6) is 5.75 Å². The molecule has 0 bridgehead atoms. The van der Waals surface area contributed by atoms with Gasteiger partial charge in [-0.25, -0.2) is 0 Å². The first-order chi connectivity index (χ1) is 7.83. The van der Waals surface area contributed by atoms with Crippen LogP contribution in [0.4, 0.5) is 0 Å². The summed E-state index contributed by atoms with van der Waals surface area (Å²) in [7, 11) is 1.68. The van der Waals surface area contributed by atoms with E-state index in [0.29, 0.717) is 5.92 Å². The molecular weight excluding hydrogens is 198 g/mol. The van der Waals surface area contributed by atoms with Gasteiger partial charge in [-0.2, -0.15) is 0 Å². The molecule has 0 amide bonds. The van der Waals surface area contributed by atoms with E-state index in [2.05, 4.69) is 36.2 Å². The molecule has 2 aromatic rings. The summed E-state index contributed by atoms with van der Waals surface area (Å²) in [6.07, 6.45) is 3.56. The van der Waals surface area contributed by atoms with E-state index in [1.165, 1.54) is 11.1 Å². The standard InChI is InChI=1S/C14H15NO/c1-11(12-6-4-3-5-7-12)13-8-9-15-10-14(13)16-2/h3-11H,1-2H3. The molecule has 0 saturated carbocycles. The van der Waals surface area contributed by atoms with Gasteiger partial charge >= 0.3 is 0 Å². The van der Waals surface area contributed by atoms with Crippen molar-refractivity contribution in [1.29, 1.82) is 0 Å². The Morgan fingerprint density at radius 3 is 2.56 bits per heavy atom. The number of aromatic nitrogens is 1. The van der Waals surface area contributed by atoms with Crippen LogP contribution < -0.4 is 4.74 Å². The molecule has 2 nitrogen and oxygen atoms in total. The minimum Gasteiger partial charge on any atom is -0.495 e. The third kappa shape index (κ3) is 2.06. The molecule has 2 rings (SSSR count). The van der Waals surface area contributed by atoms with Gasteiger partial charge in [-0.1, -0.05) is 37.3 Å². The normalized spacial score (nSPS) is 12.1. The van der Waals surface area contributed by atoms with Crippen molar-refractivity contribution in [2.45, 2.75) is 12.8 Å². The second kappa shape index (κ2) is 4.79. The van der Waals surface area contributed by atoms with E-state index in [0.717, 1.165) is 5.75 Å². The van der Waals surface area contributed by atoms with Gasteiger partial charge in [0.15, 0.2) is 0 Å². The second-order valence-corrected chi connectivity index (χ2v) is 3.75. The maximum atomic E-state index is 5.33. The van der Waals surface area contributed by atoms with Crippen molar-refractivity contribution in [3.63, 3.8) is 0 Å². The molecular formula is C14H15NO. The number of nitrogens with zero attached hydrogens (tertiary/aromatic N) is 1. The lowest BCUT2D eigenvalue weighted by molar-refractivity contribution is 0.406. The molecule has 0 aliphatic heterocycles. The lowest BCUT2D eigenvalue weighted by Gasteiger charge is -2.15. The van der Waals surface area contributed by atoms with E-state index in [4.69, 9.17) is 4.74 Å². The van der Waals surface area contributed by atoms with Gasteiger partial charge in [0.05, 0.1) is 13.3 Å². The fourth-order valence-electron chi connectivity index (χ4n) is 1.84. The first-order valence-electron chi connectivity index (χ1n) is 5.35. The average Bonchev–Trinajstić information content (AvgIpc) is 2.39. The lowest BCUT2D eigenvalue weighted by Crippen LogP contribution is -1.99. The fraction of sp³-hybridized carbons (Fsp3) is 0.214. The largest absolute Gasteiger partial charge is 0.495 e. The average molecular weight is 213 g/mol. The van der Waals surface area contributed by atoms with Crippen molar-refractivity contribution in [2.24, 2.45) is 0 Å². The van der Waals surface area contributed by atoms with E-state index in [1.807, 2.05) is 12.1 Å². The van der Waals surface area contributed by atoms with Crippen LogP contribution in [-0.2, 0) is 0 Å². The van der Waals surface area contributed by atoms with Crippen LogP contribution in [0.15, 0.2) is 48.8 Å². The molecule has 1 atom stereocenters. The summed E-state index contributed by atoms with van der Waals surface area (Å²) >= 11 is 0. The molecule has 0 N–H and O–H groups in total. The maximum Gasteiger partial charge on any atom is 0.140 e. The molecule has 16 heavy (non-hydrogen) atoms. The monoisotopic (exact) mass is 213 g/mol. The Bertz CT molecular complexity index is 453. The van der Waals surface area contributed by atoms with Gasteiger partial charge in [0.2, 0.25) is 0 Å². The van der Waals surface area contributed by atoms with Gasteiger partial charge in [0.1, 0.15) is 5.75 Å². The van der Waals surface area contributed by atoms with Gasteiger partial charge in [-0.05, 0) is 11.6 Å². The molecule has 0 spiro atoms. The molecule has 1 aromatic heterocycles. The number of methoxy groups -OCH3 is 1. The third-order valence-electron chi connectivity index (χ3n) is 2.80. The van der Waals surface area contributed by atoms with Gasteiger partial charge in [0.25, 0.3) is 0 Å². The summed E-state index contributed by atoms with van der Waals surface area (Å²) in [5.74, 6) is 1.16. The van der Waals surface area contributed by atoms with E-state index in [9.17, 15) is 0 Å². The van der Waals surface area contributed by atoms with Crippen LogP contribution in [-0.4, -0.2) is 12.1 Å². The molecule has 1 aromatic carbocycles. The molecule has 0 fully saturated rings. The van der Waals surface area contributed by atoms with E-state index in [-0.39, 0.29) is 0 Å². The molecule has 0 saturated heterocycles.